The summed E-state index contributed by atoms with van der Waals surface area (Å²) in [6.45, 7) is 4.13. The van der Waals surface area contributed by atoms with Gasteiger partial charge in [-0.2, -0.15) is 0 Å². The molecule has 4 nitrogen and oxygen atoms in total. The first-order chi connectivity index (χ1) is 10.5. The molecule has 0 saturated heterocycles. The maximum Gasteiger partial charge on any atom is 0.269 e. The summed E-state index contributed by atoms with van der Waals surface area (Å²) < 4.78 is 0.682. The van der Waals surface area contributed by atoms with Gasteiger partial charge in [0.1, 0.15) is 4.32 Å². The molecule has 0 fully saturated rings. The van der Waals surface area contributed by atoms with Crippen LogP contribution in [0.5, 0.6) is 0 Å². The fourth-order valence-corrected chi connectivity index (χ4v) is 2.81. The number of nitrogens with one attached hydrogen (secondary N) is 1. The molecule has 2 aromatic rings. The van der Waals surface area contributed by atoms with E-state index < -0.39 is 4.92 Å². The van der Waals surface area contributed by atoms with Crippen molar-refractivity contribution in [3.8, 4) is 0 Å². The van der Waals surface area contributed by atoms with Gasteiger partial charge < -0.3 is 5.32 Å². The van der Waals surface area contributed by atoms with Crippen molar-refractivity contribution in [3.05, 3.63) is 69.3 Å². The van der Waals surface area contributed by atoms with Crippen LogP contribution in [0.2, 0.25) is 0 Å². The Labute approximate surface area is 139 Å². The Kier molecular flexibility index (Phi) is 5.51. The molecule has 22 heavy (non-hydrogen) atoms. The molecule has 0 saturated carbocycles. The molecular formula is C16H16N2O2S2. The van der Waals surface area contributed by atoms with E-state index in [4.69, 9.17) is 12.2 Å². The minimum atomic E-state index is -0.400. The highest BCUT2D eigenvalue weighted by atomic mass is 32.2. The van der Waals surface area contributed by atoms with Crippen LogP contribution >= 0.6 is 24.0 Å². The second-order valence-corrected chi connectivity index (χ2v) is 6.58. The Hall–Kier alpha value is -1.92. The van der Waals surface area contributed by atoms with Gasteiger partial charge in [-0.1, -0.05) is 42.2 Å². The Balaban J connectivity index is 1.89. The Morgan fingerprint density at radius 3 is 2.45 bits per heavy atom. The third-order valence-corrected chi connectivity index (χ3v) is 4.57. The van der Waals surface area contributed by atoms with Gasteiger partial charge in [-0.3, -0.25) is 10.1 Å². The zero-order valence-electron chi connectivity index (χ0n) is 12.3. The molecule has 114 valence electrons. The number of thioether (sulfide) groups is 1. The first-order valence-electron chi connectivity index (χ1n) is 6.70. The molecule has 0 unspecified atom stereocenters. The maximum absolute atomic E-state index is 10.6. The van der Waals surface area contributed by atoms with Crippen molar-refractivity contribution in [1.82, 2.24) is 0 Å². The Morgan fingerprint density at radius 2 is 1.86 bits per heavy atom. The summed E-state index contributed by atoms with van der Waals surface area (Å²) in [6, 6.07) is 12.6. The average Bonchev–Trinajstić information content (AvgIpc) is 2.49. The molecule has 2 aromatic carbocycles. The molecule has 0 atom stereocenters. The summed E-state index contributed by atoms with van der Waals surface area (Å²) in [5.74, 6) is 0.675. The molecule has 0 aliphatic rings. The number of non-ortho nitro benzene ring substituents is 1. The minimum Gasteiger partial charge on any atom is -0.341 e. The third kappa shape index (κ3) is 4.54. The average molecular weight is 332 g/mol. The van der Waals surface area contributed by atoms with E-state index in [0.717, 1.165) is 11.3 Å². The molecule has 0 radical (unpaired) electrons. The van der Waals surface area contributed by atoms with E-state index in [1.54, 1.807) is 12.1 Å². The van der Waals surface area contributed by atoms with Crippen LogP contribution in [-0.4, -0.2) is 9.24 Å². The molecule has 0 aliphatic carbocycles. The highest BCUT2D eigenvalue weighted by Gasteiger charge is 2.05. The van der Waals surface area contributed by atoms with Crippen LogP contribution in [0.25, 0.3) is 0 Å². The van der Waals surface area contributed by atoms with Crippen molar-refractivity contribution in [2.45, 2.75) is 19.6 Å². The lowest BCUT2D eigenvalue weighted by atomic mass is 10.1. The fourth-order valence-electron chi connectivity index (χ4n) is 1.84. The summed E-state index contributed by atoms with van der Waals surface area (Å²) in [5.41, 5.74) is 4.54. The summed E-state index contributed by atoms with van der Waals surface area (Å²) in [6.07, 6.45) is 0. The van der Waals surface area contributed by atoms with Crippen LogP contribution in [0.15, 0.2) is 42.5 Å². The van der Waals surface area contributed by atoms with Gasteiger partial charge in [-0.25, -0.2) is 0 Å². The lowest BCUT2D eigenvalue weighted by Gasteiger charge is -2.09. The van der Waals surface area contributed by atoms with E-state index in [9.17, 15) is 10.1 Å². The van der Waals surface area contributed by atoms with Crippen molar-refractivity contribution in [2.75, 3.05) is 5.32 Å². The minimum absolute atomic E-state index is 0.101. The van der Waals surface area contributed by atoms with Gasteiger partial charge in [0.25, 0.3) is 5.69 Å². The van der Waals surface area contributed by atoms with Gasteiger partial charge in [-0.05, 0) is 42.7 Å². The molecular weight excluding hydrogens is 316 g/mol. The number of rotatable bonds is 4. The van der Waals surface area contributed by atoms with E-state index in [1.165, 1.54) is 35.0 Å². The predicted octanol–water partition coefficient (Wildman–Crippen LogP) is 4.84. The number of anilines is 1. The molecule has 0 heterocycles. The van der Waals surface area contributed by atoms with Gasteiger partial charge in [0.05, 0.1) is 4.92 Å². The van der Waals surface area contributed by atoms with E-state index in [1.807, 2.05) is 6.07 Å². The standard InChI is InChI=1S/C16H16N2O2S2/c1-11-3-6-14(9-12(11)2)17-16(21)22-10-13-4-7-15(8-5-13)18(19)20/h3-9H,10H2,1-2H3,(H,17,21). The first-order valence-corrected chi connectivity index (χ1v) is 8.09. The van der Waals surface area contributed by atoms with Gasteiger partial charge >= 0.3 is 0 Å². The molecule has 0 spiro atoms. The van der Waals surface area contributed by atoms with Crippen LogP contribution < -0.4 is 5.32 Å². The summed E-state index contributed by atoms with van der Waals surface area (Å²) in [5, 5.41) is 13.8. The number of benzene rings is 2. The van der Waals surface area contributed by atoms with Crippen LogP contribution in [-0.2, 0) is 5.75 Å². The molecule has 0 bridgehead atoms. The van der Waals surface area contributed by atoms with Gasteiger partial charge in [0.2, 0.25) is 0 Å². The smallest absolute Gasteiger partial charge is 0.269 e. The van der Waals surface area contributed by atoms with E-state index in [2.05, 4.69) is 31.3 Å². The topological polar surface area (TPSA) is 55.2 Å². The van der Waals surface area contributed by atoms with Crippen molar-refractivity contribution in [2.24, 2.45) is 0 Å². The zero-order valence-corrected chi connectivity index (χ0v) is 14.0. The highest BCUT2D eigenvalue weighted by molar-refractivity contribution is 8.22. The SMILES string of the molecule is Cc1ccc(NC(=S)SCc2ccc([N+](=O)[O-])cc2)cc1C. The van der Waals surface area contributed by atoms with Crippen molar-refractivity contribution in [3.63, 3.8) is 0 Å². The monoisotopic (exact) mass is 332 g/mol. The normalized spacial score (nSPS) is 10.3. The van der Waals surface area contributed by atoms with Gasteiger partial charge in [0, 0.05) is 23.6 Å². The Morgan fingerprint density at radius 1 is 1.18 bits per heavy atom. The number of thiocarbonyl (C=S) groups is 1. The maximum atomic E-state index is 10.6. The highest BCUT2D eigenvalue weighted by Crippen LogP contribution is 2.20. The zero-order chi connectivity index (χ0) is 16.1. The first kappa shape index (κ1) is 16.5. The largest absolute Gasteiger partial charge is 0.341 e. The molecule has 1 N–H and O–H groups in total. The van der Waals surface area contributed by atoms with Crippen LogP contribution in [0.3, 0.4) is 0 Å². The van der Waals surface area contributed by atoms with E-state index in [0.29, 0.717) is 10.1 Å². The predicted molar refractivity (Wildman–Crippen MR) is 96.5 cm³/mol. The molecule has 0 amide bonds. The Bertz CT molecular complexity index is 700. The fraction of sp³-hybridized carbons (Fsp3) is 0.188. The third-order valence-electron chi connectivity index (χ3n) is 3.27. The van der Waals surface area contributed by atoms with Crippen LogP contribution in [0, 0.1) is 24.0 Å². The number of nitrogens with zero attached hydrogens (tertiary/aromatic N) is 1. The summed E-state index contributed by atoms with van der Waals surface area (Å²) in [4.78, 5) is 10.2. The number of nitro groups is 1. The van der Waals surface area contributed by atoms with E-state index >= 15 is 0 Å². The van der Waals surface area contributed by atoms with Crippen molar-refractivity contribution >= 4 is 39.7 Å². The van der Waals surface area contributed by atoms with E-state index in [-0.39, 0.29) is 5.69 Å². The van der Waals surface area contributed by atoms with Crippen molar-refractivity contribution in [1.29, 1.82) is 0 Å². The number of nitro benzene ring substituents is 1. The van der Waals surface area contributed by atoms with Crippen molar-refractivity contribution < 1.29 is 4.92 Å². The van der Waals surface area contributed by atoms with Crippen LogP contribution in [0.1, 0.15) is 16.7 Å². The number of aryl methyl sites for hydroxylation is 2. The molecule has 0 aromatic heterocycles. The molecule has 6 heteroatoms. The molecule has 0 aliphatic heterocycles. The lowest BCUT2D eigenvalue weighted by Crippen LogP contribution is -2.05. The summed E-state index contributed by atoms with van der Waals surface area (Å²) >= 11 is 6.82. The summed E-state index contributed by atoms with van der Waals surface area (Å²) in [7, 11) is 0. The number of hydrogen-bond acceptors (Lipinski definition) is 4. The van der Waals surface area contributed by atoms with Gasteiger partial charge in [-0.15, -0.1) is 0 Å². The lowest BCUT2D eigenvalue weighted by molar-refractivity contribution is -0.384. The number of hydrogen-bond donors (Lipinski definition) is 1. The second kappa shape index (κ2) is 7.38. The van der Waals surface area contributed by atoms with Gasteiger partial charge in [0.15, 0.2) is 0 Å². The quantitative estimate of drug-likeness (QED) is 0.493. The van der Waals surface area contributed by atoms with Crippen LogP contribution in [0.4, 0.5) is 11.4 Å². The second-order valence-electron chi connectivity index (χ2n) is 4.92. The molecule has 2 rings (SSSR count).